The monoisotopic (exact) mass is 472 g/mol. The normalized spacial score (nSPS) is 15.2. The van der Waals surface area contributed by atoms with Crippen molar-refractivity contribution >= 4 is 23.4 Å². The number of anilines is 1. The lowest BCUT2D eigenvalue weighted by Gasteiger charge is -2.25. The van der Waals surface area contributed by atoms with Gasteiger partial charge in [0.15, 0.2) is 10.9 Å². The van der Waals surface area contributed by atoms with Crippen molar-refractivity contribution in [2.75, 3.05) is 5.32 Å². The summed E-state index contributed by atoms with van der Waals surface area (Å²) in [7, 11) is 0. The Bertz CT molecular complexity index is 1230. The number of rotatable bonds is 7. The Morgan fingerprint density at radius 2 is 1.76 bits per heavy atom. The molecule has 0 aliphatic heterocycles. The number of nitrogens with one attached hydrogen (secondary N) is 1. The first kappa shape index (κ1) is 22.5. The molecule has 1 unspecified atom stereocenters. The molecular weight excluding hydrogens is 444 g/mol. The van der Waals surface area contributed by atoms with E-state index in [1.807, 2.05) is 73.7 Å². The van der Waals surface area contributed by atoms with Crippen molar-refractivity contribution in [1.29, 1.82) is 0 Å². The number of para-hydroxylation sites is 1. The molecule has 1 amide bonds. The zero-order valence-corrected chi connectivity index (χ0v) is 20.0. The smallest absolute Gasteiger partial charge is 0.237 e. The maximum atomic E-state index is 13.2. The highest BCUT2D eigenvalue weighted by Gasteiger charge is 2.27. The fourth-order valence-corrected chi connectivity index (χ4v) is 5.43. The third-order valence-corrected chi connectivity index (χ3v) is 7.32. The predicted octanol–water partition coefficient (Wildman–Crippen LogP) is 6.83. The van der Waals surface area contributed by atoms with Gasteiger partial charge in [0, 0.05) is 17.3 Å². The minimum Gasteiger partial charge on any atom is -0.461 e. The lowest BCUT2D eigenvalue weighted by atomic mass is 9.95. The summed E-state index contributed by atoms with van der Waals surface area (Å²) in [6.45, 7) is 1.91. The van der Waals surface area contributed by atoms with Crippen molar-refractivity contribution in [2.45, 2.75) is 55.5 Å². The van der Waals surface area contributed by atoms with E-state index in [2.05, 4.69) is 20.1 Å². The molecule has 4 aromatic rings. The molecule has 7 heteroatoms. The van der Waals surface area contributed by atoms with Crippen LogP contribution in [0.15, 0.2) is 82.6 Å². The molecule has 6 nitrogen and oxygen atoms in total. The van der Waals surface area contributed by atoms with Crippen LogP contribution in [0.1, 0.15) is 45.1 Å². The van der Waals surface area contributed by atoms with Crippen molar-refractivity contribution in [1.82, 2.24) is 14.8 Å². The molecule has 0 bridgehead atoms. The summed E-state index contributed by atoms with van der Waals surface area (Å²) in [5.74, 6) is 1.38. The van der Waals surface area contributed by atoms with Crippen molar-refractivity contribution < 1.29 is 9.21 Å². The maximum Gasteiger partial charge on any atom is 0.237 e. The molecule has 0 spiro atoms. The Kier molecular flexibility index (Phi) is 6.81. The van der Waals surface area contributed by atoms with Gasteiger partial charge in [0.2, 0.25) is 11.7 Å². The fraction of sp³-hybridized carbons (Fsp3) is 0.296. The third-order valence-electron chi connectivity index (χ3n) is 6.27. The Hall–Kier alpha value is -3.32. The Morgan fingerprint density at radius 3 is 2.53 bits per heavy atom. The summed E-state index contributed by atoms with van der Waals surface area (Å²) in [5.41, 5.74) is 2.87. The van der Waals surface area contributed by atoms with Gasteiger partial charge in [-0.3, -0.25) is 9.36 Å². The number of carbonyl (C=O) groups excluding carboxylic acids is 1. The van der Waals surface area contributed by atoms with Gasteiger partial charge in [-0.1, -0.05) is 79.6 Å². The number of nitrogens with zero attached hydrogens (tertiary/aromatic N) is 3. The highest BCUT2D eigenvalue weighted by molar-refractivity contribution is 8.00. The molecule has 2 aromatic heterocycles. The molecule has 34 heavy (non-hydrogen) atoms. The SMILES string of the molecule is CC(Sc1nnc(-c2ccco2)n1C1CCCCC1)C(=O)Nc1ccccc1-c1ccccc1. The quantitative estimate of drug-likeness (QED) is 0.298. The van der Waals surface area contributed by atoms with Gasteiger partial charge in [0.1, 0.15) is 0 Å². The summed E-state index contributed by atoms with van der Waals surface area (Å²) in [6, 6.07) is 22.1. The first-order valence-electron chi connectivity index (χ1n) is 11.8. The van der Waals surface area contributed by atoms with Gasteiger partial charge in [-0.25, -0.2) is 0 Å². The first-order valence-corrected chi connectivity index (χ1v) is 12.7. The van der Waals surface area contributed by atoms with Crippen LogP contribution in [0, 0.1) is 0 Å². The molecule has 1 aliphatic carbocycles. The molecule has 174 valence electrons. The molecule has 0 saturated heterocycles. The van der Waals surface area contributed by atoms with Crippen LogP contribution in [0.2, 0.25) is 0 Å². The highest BCUT2D eigenvalue weighted by atomic mass is 32.2. The second-order valence-corrected chi connectivity index (χ2v) is 9.91. The number of furan rings is 1. The number of hydrogen-bond acceptors (Lipinski definition) is 5. The minimum atomic E-state index is -0.347. The summed E-state index contributed by atoms with van der Waals surface area (Å²) < 4.78 is 7.82. The Morgan fingerprint density at radius 1 is 1.00 bits per heavy atom. The largest absolute Gasteiger partial charge is 0.461 e. The number of carbonyl (C=O) groups is 1. The van der Waals surface area contributed by atoms with Crippen LogP contribution in [0.4, 0.5) is 5.69 Å². The van der Waals surface area contributed by atoms with E-state index in [4.69, 9.17) is 4.42 Å². The number of amides is 1. The van der Waals surface area contributed by atoms with Crippen LogP contribution in [0.3, 0.4) is 0 Å². The molecule has 1 atom stereocenters. The summed E-state index contributed by atoms with van der Waals surface area (Å²) >= 11 is 1.45. The topological polar surface area (TPSA) is 73.0 Å². The van der Waals surface area contributed by atoms with Crippen LogP contribution in [-0.4, -0.2) is 25.9 Å². The number of benzene rings is 2. The standard InChI is InChI=1S/C27H28N4O2S/c1-19(26(32)28-23-16-9-8-15-22(23)20-11-4-2-5-12-20)34-27-30-29-25(24-17-10-18-33-24)31(27)21-13-6-3-7-14-21/h2,4-5,8-12,15-19,21H,3,6-7,13-14H2,1H3,(H,28,32). The number of aromatic nitrogens is 3. The second kappa shape index (κ2) is 10.3. The summed E-state index contributed by atoms with van der Waals surface area (Å²) in [4.78, 5) is 13.2. The highest BCUT2D eigenvalue weighted by Crippen LogP contribution is 2.37. The van der Waals surface area contributed by atoms with Crippen molar-refractivity contribution in [3.63, 3.8) is 0 Å². The van der Waals surface area contributed by atoms with E-state index in [-0.39, 0.29) is 11.2 Å². The fourth-order valence-electron chi connectivity index (χ4n) is 4.51. The van der Waals surface area contributed by atoms with Crippen LogP contribution in [-0.2, 0) is 4.79 Å². The van der Waals surface area contributed by atoms with Crippen LogP contribution >= 0.6 is 11.8 Å². The van der Waals surface area contributed by atoms with Gasteiger partial charge in [-0.15, -0.1) is 10.2 Å². The molecule has 1 fully saturated rings. The molecule has 1 saturated carbocycles. The second-order valence-electron chi connectivity index (χ2n) is 8.61. The van der Waals surface area contributed by atoms with Gasteiger partial charge in [-0.05, 0) is 43.5 Å². The molecule has 2 heterocycles. The van der Waals surface area contributed by atoms with Crippen molar-refractivity contribution in [2.24, 2.45) is 0 Å². The minimum absolute atomic E-state index is 0.0638. The van der Waals surface area contributed by atoms with Crippen LogP contribution in [0.25, 0.3) is 22.7 Å². The molecule has 1 N–H and O–H groups in total. The third kappa shape index (κ3) is 4.80. The van der Waals surface area contributed by atoms with Gasteiger partial charge >= 0.3 is 0 Å². The molecule has 0 radical (unpaired) electrons. The van der Waals surface area contributed by atoms with Gasteiger partial charge in [-0.2, -0.15) is 0 Å². The van der Waals surface area contributed by atoms with E-state index in [1.165, 1.54) is 31.0 Å². The van der Waals surface area contributed by atoms with E-state index in [1.54, 1.807) is 6.26 Å². The van der Waals surface area contributed by atoms with Gasteiger partial charge in [0.25, 0.3) is 0 Å². The lowest BCUT2D eigenvalue weighted by molar-refractivity contribution is -0.115. The van der Waals surface area contributed by atoms with Crippen molar-refractivity contribution in [3.05, 3.63) is 73.0 Å². The molecular formula is C27H28N4O2S. The van der Waals surface area contributed by atoms with Gasteiger partial charge in [0.05, 0.1) is 11.5 Å². The van der Waals surface area contributed by atoms with Crippen LogP contribution in [0.5, 0.6) is 0 Å². The lowest BCUT2D eigenvalue weighted by Crippen LogP contribution is -2.24. The Balaban J connectivity index is 1.37. The summed E-state index contributed by atoms with van der Waals surface area (Å²) in [6.07, 6.45) is 7.47. The molecule has 2 aromatic carbocycles. The first-order chi connectivity index (χ1) is 16.7. The van der Waals surface area contributed by atoms with E-state index in [0.717, 1.165) is 40.6 Å². The average molecular weight is 473 g/mol. The average Bonchev–Trinajstić information content (AvgIpc) is 3.55. The zero-order chi connectivity index (χ0) is 23.3. The number of hydrogen-bond donors (Lipinski definition) is 1. The van der Waals surface area contributed by atoms with E-state index < -0.39 is 0 Å². The Labute approximate surface area is 203 Å². The molecule has 1 aliphatic rings. The van der Waals surface area contributed by atoms with E-state index in [0.29, 0.717) is 11.8 Å². The predicted molar refractivity (Wildman–Crippen MR) is 136 cm³/mol. The van der Waals surface area contributed by atoms with Gasteiger partial charge < -0.3 is 9.73 Å². The maximum absolute atomic E-state index is 13.2. The van der Waals surface area contributed by atoms with E-state index >= 15 is 0 Å². The summed E-state index contributed by atoms with van der Waals surface area (Å²) in [5, 5.41) is 12.5. The number of thioether (sulfide) groups is 1. The molecule has 5 rings (SSSR count). The zero-order valence-electron chi connectivity index (χ0n) is 19.2. The van der Waals surface area contributed by atoms with Crippen molar-refractivity contribution in [3.8, 4) is 22.7 Å². The van der Waals surface area contributed by atoms with Crippen LogP contribution < -0.4 is 5.32 Å². The van der Waals surface area contributed by atoms with E-state index in [9.17, 15) is 4.79 Å².